The van der Waals surface area contributed by atoms with Gasteiger partial charge >= 0.3 is 0 Å². The minimum atomic E-state index is -3.08. The number of aromatic nitrogens is 2. The molecule has 1 aromatic carbocycles. The smallest absolute Gasteiger partial charge is 0.230 e. The maximum atomic E-state index is 12.9. The van der Waals surface area contributed by atoms with Crippen LogP contribution in [0.15, 0.2) is 30.3 Å². The highest BCUT2D eigenvalue weighted by atomic mass is 32.2. The van der Waals surface area contributed by atoms with Crippen LogP contribution in [0.3, 0.4) is 0 Å². The quantitative estimate of drug-likeness (QED) is 0.768. The van der Waals surface area contributed by atoms with E-state index >= 15 is 0 Å². The van der Waals surface area contributed by atoms with Crippen LogP contribution in [0.5, 0.6) is 5.75 Å². The molecular formula is C20H24N4O5S. The van der Waals surface area contributed by atoms with Crippen molar-refractivity contribution in [2.75, 3.05) is 35.4 Å². The lowest BCUT2D eigenvalue weighted by atomic mass is 10.1. The molecule has 2 aliphatic rings. The third-order valence-electron chi connectivity index (χ3n) is 5.54. The number of sulfone groups is 1. The molecule has 1 N–H and O–H groups in total. The molecule has 0 unspecified atom stereocenters. The normalized spacial score (nSPS) is 23.0. The summed E-state index contributed by atoms with van der Waals surface area (Å²) in [5.41, 5.74) is 1.41. The van der Waals surface area contributed by atoms with Crippen LogP contribution in [-0.2, 0) is 19.4 Å². The van der Waals surface area contributed by atoms with Crippen LogP contribution in [0.1, 0.15) is 24.6 Å². The number of benzene rings is 1. The molecule has 30 heavy (non-hydrogen) atoms. The lowest BCUT2D eigenvalue weighted by Gasteiger charge is -2.18. The van der Waals surface area contributed by atoms with Gasteiger partial charge in [-0.05, 0) is 37.6 Å². The largest absolute Gasteiger partial charge is 0.497 e. The highest BCUT2D eigenvalue weighted by Gasteiger charge is 2.36. The number of rotatable bonds is 5. The van der Waals surface area contributed by atoms with E-state index in [2.05, 4.69) is 10.4 Å². The van der Waals surface area contributed by atoms with Crippen LogP contribution in [0.2, 0.25) is 0 Å². The molecule has 0 radical (unpaired) electrons. The van der Waals surface area contributed by atoms with E-state index in [1.54, 1.807) is 53.9 Å². The number of aryl methyl sites for hydroxylation is 1. The first-order valence-electron chi connectivity index (χ1n) is 9.77. The molecule has 0 aliphatic carbocycles. The number of carbonyl (C=O) groups excluding carboxylic acids is 2. The summed E-state index contributed by atoms with van der Waals surface area (Å²) in [6.45, 7) is 2.07. The van der Waals surface area contributed by atoms with Crippen LogP contribution in [-0.4, -0.2) is 55.2 Å². The Kier molecular flexibility index (Phi) is 5.27. The zero-order valence-corrected chi connectivity index (χ0v) is 17.7. The molecule has 2 saturated heterocycles. The Morgan fingerprint density at radius 3 is 2.63 bits per heavy atom. The Hall–Kier alpha value is -2.88. The number of hydrogen-bond donors (Lipinski definition) is 1. The second-order valence-electron chi connectivity index (χ2n) is 7.77. The van der Waals surface area contributed by atoms with E-state index in [0.29, 0.717) is 29.4 Å². The Labute approximate surface area is 174 Å². The van der Waals surface area contributed by atoms with Gasteiger partial charge in [-0.2, -0.15) is 5.10 Å². The molecule has 4 rings (SSSR count). The molecule has 2 atom stereocenters. The first-order valence-corrected chi connectivity index (χ1v) is 11.6. The molecule has 2 fully saturated rings. The number of carbonyl (C=O) groups is 2. The van der Waals surface area contributed by atoms with Gasteiger partial charge in [0.2, 0.25) is 11.8 Å². The molecule has 1 aromatic heterocycles. The molecule has 2 amide bonds. The highest BCUT2D eigenvalue weighted by molar-refractivity contribution is 7.91. The average Bonchev–Trinajstić information content (AvgIpc) is 3.38. The number of hydrogen-bond acceptors (Lipinski definition) is 6. The van der Waals surface area contributed by atoms with Gasteiger partial charge in [0.15, 0.2) is 9.84 Å². The maximum absolute atomic E-state index is 12.9. The number of methoxy groups -OCH3 is 1. The fourth-order valence-corrected chi connectivity index (χ4v) is 5.67. The summed E-state index contributed by atoms with van der Waals surface area (Å²) in [6.07, 6.45) is 0.586. The van der Waals surface area contributed by atoms with E-state index < -0.39 is 15.8 Å². The van der Waals surface area contributed by atoms with Crippen LogP contribution in [0.4, 0.5) is 11.5 Å². The Balaban J connectivity index is 1.46. The number of nitrogens with zero attached hydrogens (tertiary/aromatic N) is 3. The Bertz CT molecular complexity index is 1080. The number of nitrogens with one attached hydrogen (secondary N) is 1. The van der Waals surface area contributed by atoms with Gasteiger partial charge in [0.25, 0.3) is 0 Å². The summed E-state index contributed by atoms with van der Waals surface area (Å²) >= 11 is 0. The fourth-order valence-electron chi connectivity index (χ4n) is 3.98. The predicted octanol–water partition coefficient (Wildman–Crippen LogP) is 1.55. The molecule has 3 heterocycles. The molecule has 160 valence electrons. The van der Waals surface area contributed by atoms with E-state index in [-0.39, 0.29) is 42.3 Å². The van der Waals surface area contributed by atoms with Crippen molar-refractivity contribution in [3.05, 3.63) is 36.0 Å². The molecule has 2 aromatic rings. The van der Waals surface area contributed by atoms with Crippen LogP contribution in [0, 0.1) is 12.8 Å². The minimum absolute atomic E-state index is 0.0180. The number of anilines is 2. The lowest BCUT2D eigenvalue weighted by molar-refractivity contribution is -0.122. The second-order valence-corrected chi connectivity index (χ2v) is 9.99. The summed E-state index contributed by atoms with van der Waals surface area (Å²) in [5, 5.41) is 7.24. The van der Waals surface area contributed by atoms with Crippen molar-refractivity contribution < 1.29 is 22.7 Å². The van der Waals surface area contributed by atoms with Crippen molar-refractivity contribution in [3.63, 3.8) is 0 Å². The van der Waals surface area contributed by atoms with Gasteiger partial charge in [0.1, 0.15) is 11.6 Å². The predicted molar refractivity (Wildman–Crippen MR) is 111 cm³/mol. The van der Waals surface area contributed by atoms with Crippen molar-refractivity contribution in [2.24, 2.45) is 5.92 Å². The summed E-state index contributed by atoms with van der Waals surface area (Å²) in [4.78, 5) is 26.9. The van der Waals surface area contributed by atoms with Gasteiger partial charge in [0, 0.05) is 24.7 Å². The van der Waals surface area contributed by atoms with E-state index in [1.165, 1.54) is 0 Å². The number of amides is 2. The SMILES string of the molecule is COc1ccc(N2C[C@@H](C(=O)Nc3cc(C)nn3[C@@H]3CCS(=O)(=O)C3)CC2=O)cc1. The van der Waals surface area contributed by atoms with Gasteiger partial charge in [-0.15, -0.1) is 0 Å². The monoisotopic (exact) mass is 432 g/mol. The van der Waals surface area contributed by atoms with Crippen LogP contribution in [0.25, 0.3) is 0 Å². The van der Waals surface area contributed by atoms with Crippen LogP contribution >= 0.6 is 0 Å². The molecule has 10 heteroatoms. The lowest BCUT2D eigenvalue weighted by Crippen LogP contribution is -2.29. The van der Waals surface area contributed by atoms with Crippen molar-refractivity contribution in [2.45, 2.75) is 25.8 Å². The Morgan fingerprint density at radius 2 is 2.00 bits per heavy atom. The van der Waals surface area contributed by atoms with Gasteiger partial charge in [-0.1, -0.05) is 0 Å². The van der Waals surface area contributed by atoms with Crippen molar-refractivity contribution in [3.8, 4) is 5.75 Å². The van der Waals surface area contributed by atoms with E-state index in [1.807, 2.05) is 0 Å². The standard InChI is InChI=1S/C20H24N4O5S/c1-13-9-18(24(22-13)16-7-8-30(27,28)12-16)21-20(26)14-10-19(25)23(11-14)15-3-5-17(29-2)6-4-15/h3-6,9,14,16H,7-8,10-12H2,1-2H3,(H,21,26)/t14-,16+/m0/s1. The van der Waals surface area contributed by atoms with E-state index in [0.717, 1.165) is 0 Å². The molecule has 9 nitrogen and oxygen atoms in total. The van der Waals surface area contributed by atoms with Gasteiger partial charge in [0.05, 0.1) is 36.3 Å². The molecule has 0 saturated carbocycles. The Morgan fingerprint density at radius 1 is 1.27 bits per heavy atom. The van der Waals surface area contributed by atoms with Gasteiger partial charge in [-0.25, -0.2) is 13.1 Å². The summed E-state index contributed by atoms with van der Waals surface area (Å²) in [7, 11) is -1.51. The third-order valence-corrected chi connectivity index (χ3v) is 7.29. The summed E-state index contributed by atoms with van der Waals surface area (Å²) < 4.78 is 30.4. The van der Waals surface area contributed by atoms with Crippen molar-refractivity contribution in [1.82, 2.24) is 9.78 Å². The zero-order chi connectivity index (χ0) is 21.5. The maximum Gasteiger partial charge on any atom is 0.230 e. The molecular weight excluding hydrogens is 408 g/mol. The summed E-state index contributed by atoms with van der Waals surface area (Å²) in [6, 6.07) is 8.55. The topological polar surface area (TPSA) is 111 Å². The zero-order valence-electron chi connectivity index (χ0n) is 16.9. The van der Waals surface area contributed by atoms with Gasteiger partial charge in [-0.3, -0.25) is 9.59 Å². The van der Waals surface area contributed by atoms with Crippen molar-refractivity contribution >= 4 is 33.2 Å². The molecule has 0 bridgehead atoms. The van der Waals surface area contributed by atoms with Crippen LogP contribution < -0.4 is 15.0 Å². The highest BCUT2D eigenvalue weighted by Crippen LogP contribution is 2.30. The minimum Gasteiger partial charge on any atom is -0.497 e. The first kappa shape index (κ1) is 20.4. The first-order chi connectivity index (χ1) is 14.3. The summed E-state index contributed by atoms with van der Waals surface area (Å²) in [5.74, 6) is 0.401. The fraction of sp³-hybridized carbons (Fsp3) is 0.450. The third kappa shape index (κ3) is 4.04. The van der Waals surface area contributed by atoms with Crippen molar-refractivity contribution in [1.29, 1.82) is 0 Å². The van der Waals surface area contributed by atoms with E-state index in [4.69, 9.17) is 4.74 Å². The number of ether oxygens (including phenoxy) is 1. The van der Waals surface area contributed by atoms with Gasteiger partial charge < -0.3 is 15.0 Å². The second kappa shape index (κ2) is 7.75. The average molecular weight is 433 g/mol. The molecule has 0 spiro atoms. The molecule has 2 aliphatic heterocycles. The van der Waals surface area contributed by atoms with E-state index in [9.17, 15) is 18.0 Å².